The van der Waals surface area contributed by atoms with Crippen molar-refractivity contribution in [1.82, 2.24) is 15.2 Å². The number of carbonyl (C=O) groups is 1. The molecule has 0 spiro atoms. The summed E-state index contributed by atoms with van der Waals surface area (Å²) in [5, 5.41) is 3.23. The lowest BCUT2D eigenvalue weighted by Crippen LogP contribution is -2.46. The van der Waals surface area contributed by atoms with Crippen LogP contribution in [0.3, 0.4) is 0 Å². The number of aromatic nitrogens is 1. The molecule has 1 aromatic heterocycles. The second-order valence-corrected chi connectivity index (χ2v) is 4.98. The van der Waals surface area contributed by atoms with Gasteiger partial charge in [-0.15, -0.1) is 0 Å². The second-order valence-electron chi connectivity index (χ2n) is 4.98. The Morgan fingerprint density at radius 2 is 2.00 bits per heavy atom. The monoisotopic (exact) mass is 247 g/mol. The number of rotatable bonds is 2. The first-order valence-electron chi connectivity index (χ1n) is 6.48. The molecule has 5 nitrogen and oxygen atoms in total. The first kappa shape index (κ1) is 11.5. The number of H-pyrrole nitrogens is 1. The Hall–Kier alpha value is -1.62. The van der Waals surface area contributed by atoms with E-state index in [0.29, 0.717) is 11.5 Å². The second kappa shape index (κ2) is 4.57. The van der Waals surface area contributed by atoms with E-state index >= 15 is 0 Å². The average Bonchev–Trinajstić information content (AvgIpc) is 3.23. The fraction of sp³-hybridized carbons (Fsp3) is 0.538. The largest absolute Gasteiger partial charge is 0.336 e. The van der Waals surface area contributed by atoms with Gasteiger partial charge >= 0.3 is 0 Å². The molecule has 1 aliphatic heterocycles. The summed E-state index contributed by atoms with van der Waals surface area (Å²) < 4.78 is 0. The van der Waals surface area contributed by atoms with E-state index in [0.717, 1.165) is 44.6 Å². The van der Waals surface area contributed by atoms with Crippen molar-refractivity contribution in [3.8, 4) is 0 Å². The van der Waals surface area contributed by atoms with E-state index in [1.54, 1.807) is 12.3 Å². The number of hydrogen-bond acceptors (Lipinski definition) is 3. The minimum Gasteiger partial charge on any atom is -0.336 e. The number of carbonyl (C=O) groups excluding carboxylic acids is 1. The van der Waals surface area contributed by atoms with Crippen molar-refractivity contribution >= 4 is 5.91 Å². The molecule has 0 atom stereocenters. The Labute approximate surface area is 105 Å². The molecule has 0 radical (unpaired) electrons. The first-order valence-corrected chi connectivity index (χ1v) is 6.48. The Morgan fingerprint density at radius 1 is 1.28 bits per heavy atom. The van der Waals surface area contributed by atoms with Gasteiger partial charge in [-0.2, -0.15) is 0 Å². The lowest BCUT2D eigenvalue weighted by molar-refractivity contribution is 0.0734. The summed E-state index contributed by atoms with van der Waals surface area (Å²) >= 11 is 0. The Bertz CT molecular complexity index is 513. The number of piperazine rings is 1. The molecule has 2 fully saturated rings. The van der Waals surface area contributed by atoms with Crippen LogP contribution in [0.5, 0.6) is 0 Å². The van der Waals surface area contributed by atoms with Crippen LogP contribution >= 0.6 is 0 Å². The van der Waals surface area contributed by atoms with Crippen LogP contribution in [0.4, 0.5) is 0 Å². The summed E-state index contributed by atoms with van der Waals surface area (Å²) in [5.41, 5.74) is 1.50. The Balaban J connectivity index is 1.90. The van der Waals surface area contributed by atoms with Crippen LogP contribution in [0, 0.1) is 0 Å². The molecule has 2 heterocycles. The van der Waals surface area contributed by atoms with Crippen LogP contribution < -0.4 is 10.9 Å². The van der Waals surface area contributed by atoms with E-state index < -0.39 is 0 Å². The molecule has 18 heavy (non-hydrogen) atoms. The quantitative estimate of drug-likeness (QED) is 0.790. The minimum absolute atomic E-state index is 0.0506. The van der Waals surface area contributed by atoms with E-state index in [-0.39, 0.29) is 11.5 Å². The Morgan fingerprint density at radius 3 is 2.67 bits per heavy atom. The van der Waals surface area contributed by atoms with E-state index in [1.165, 1.54) is 0 Å². The fourth-order valence-electron chi connectivity index (χ4n) is 2.44. The average molecular weight is 247 g/mol. The lowest BCUT2D eigenvalue weighted by Gasteiger charge is -2.28. The zero-order valence-electron chi connectivity index (χ0n) is 10.2. The van der Waals surface area contributed by atoms with Crippen molar-refractivity contribution in [2.45, 2.75) is 18.8 Å². The lowest BCUT2D eigenvalue weighted by atomic mass is 10.0. The van der Waals surface area contributed by atoms with Gasteiger partial charge in [0.2, 0.25) is 5.56 Å². The standard InChI is InChI=1S/C13H17N3O2/c17-12-7-10(9-1-2-9)11(8-15-12)13(18)16-5-3-14-4-6-16/h7-9,14H,1-6H2,(H,15,17). The zero-order chi connectivity index (χ0) is 12.5. The molecule has 0 bridgehead atoms. The molecule has 2 aliphatic rings. The van der Waals surface area contributed by atoms with Gasteiger partial charge in [0, 0.05) is 38.4 Å². The maximum Gasteiger partial charge on any atom is 0.255 e. The SMILES string of the molecule is O=C(c1c[nH]c(=O)cc1C1CC1)N1CCNCC1. The number of pyridine rings is 1. The Kier molecular flexibility index (Phi) is 2.91. The van der Waals surface area contributed by atoms with E-state index in [1.807, 2.05) is 4.90 Å². The third-order valence-electron chi connectivity index (χ3n) is 3.61. The van der Waals surface area contributed by atoms with Crippen molar-refractivity contribution in [2.75, 3.05) is 26.2 Å². The van der Waals surface area contributed by atoms with Crippen molar-refractivity contribution in [1.29, 1.82) is 0 Å². The number of aromatic amines is 1. The summed E-state index contributed by atoms with van der Waals surface area (Å²) in [6.07, 6.45) is 3.76. The first-order chi connectivity index (χ1) is 8.75. The molecule has 1 aromatic rings. The van der Waals surface area contributed by atoms with Crippen molar-refractivity contribution in [2.24, 2.45) is 0 Å². The van der Waals surface area contributed by atoms with Crippen LogP contribution in [-0.4, -0.2) is 42.0 Å². The third-order valence-corrected chi connectivity index (χ3v) is 3.61. The molecule has 1 saturated carbocycles. The highest BCUT2D eigenvalue weighted by molar-refractivity contribution is 5.95. The molecule has 5 heteroatoms. The predicted molar refractivity (Wildman–Crippen MR) is 67.8 cm³/mol. The molecule has 1 amide bonds. The van der Waals surface area contributed by atoms with Crippen LogP contribution in [0.2, 0.25) is 0 Å². The van der Waals surface area contributed by atoms with Gasteiger partial charge in [0.15, 0.2) is 0 Å². The van der Waals surface area contributed by atoms with Gasteiger partial charge < -0.3 is 15.2 Å². The number of nitrogens with one attached hydrogen (secondary N) is 2. The van der Waals surface area contributed by atoms with Gasteiger partial charge in [-0.25, -0.2) is 0 Å². The van der Waals surface area contributed by atoms with Crippen LogP contribution in [-0.2, 0) is 0 Å². The summed E-state index contributed by atoms with van der Waals surface area (Å²) in [7, 11) is 0. The zero-order valence-corrected chi connectivity index (χ0v) is 10.2. The molecule has 1 saturated heterocycles. The topological polar surface area (TPSA) is 65.2 Å². The van der Waals surface area contributed by atoms with Gasteiger partial charge in [-0.1, -0.05) is 0 Å². The van der Waals surface area contributed by atoms with Crippen molar-refractivity contribution < 1.29 is 4.79 Å². The molecule has 3 rings (SSSR count). The molecular weight excluding hydrogens is 230 g/mol. The number of nitrogens with zero attached hydrogens (tertiary/aromatic N) is 1. The fourth-order valence-corrected chi connectivity index (χ4v) is 2.44. The van der Waals surface area contributed by atoms with Gasteiger partial charge in [0.1, 0.15) is 0 Å². The van der Waals surface area contributed by atoms with Gasteiger partial charge in [-0.3, -0.25) is 9.59 Å². The highest BCUT2D eigenvalue weighted by Gasteiger charge is 2.30. The maximum atomic E-state index is 12.4. The van der Waals surface area contributed by atoms with Gasteiger partial charge in [-0.05, 0) is 24.3 Å². The van der Waals surface area contributed by atoms with Crippen molar-refractivity contribution in [3.05, 3.63) is 33.7 Å². The third kappa shape index (κ3) is 2.18. The van der Waals surface area contributed by atoms with Crippen LogP contribution in [0.25, 0.3) is 0 Å². The van der Waals surface area contributed by atoms with E-state index in [4.69, 9.17) is 0 Å². The normalized spacial score (nSPS) is 19.9. The van der Waals surface area contributed by atoms with Gasteiger partial charge in [0.05, 0.1) is 5.56 Å². The van der Waals surface area contributed by atoms with E-state index in [2.05, 4.69) is 10.3 Å². The molecule has 96 valence electrons. The predicted octanol–water partition coefficient (Wildman–Crippen LogP) is 0.298. The highest BCUT2D eigenvalue weighted by atomic mass is 16.2. The van der Waals surface area contributed by atoms with Crippen LogP contribution in [0.15, 0.2) is 17.1 Å². The summed E-state index contributed by atoms with van der Waals surface area (Å²) in [6, 6.07) is 1.59. The van der Waals surface area contributed by atoms with E-state index in [9.17, 15) is 9.59 Å². The highest BCUT2D eigenvalue weighted by Crippen LogP contribution is 2.41. The molecular formula is C13H17N3O2. The molecule has 2 N–H and O–H groups in total. The summed E-state index contributed by atoms with van der Waals surface area (Å²) in [4.78, 5) is 28.3. The molecule has 0 unspecified atom stereocenters. The summed E-state index contributed by atoms with van der Waals surface area (Å²) in [5.74, 6) is 0.462. The minimum atomic E-state index is -0.117. The number of amides is 1. The van der Waals surface area contributed by atoms with Crippen LogP contribution in [0.1, 0.15) is 34.7 Å². The smallest absolute Gasteiger partial charge is 0.255 e. The maximum absolute atomic E-state index is 12.4. The molecule has 0 aromatic carbocycles. The number of hydrogen-bond donors (Lipinski definition) is 2. The molecule has 1 aliphatic carbocycles. The van der Waals surface area contributed by atoms with Gasteiger partial charge in [0.25, 0.3) is 5.91 Å². The summed E-state index contributed by atoms with van der Waals surface area (Å²) in [6.45, 7) is 3.16. The van der Waals surface area contributed by atoms with Crippen molar-refractivity contribution in [3.63, 3.8) is 0 Å².